The number of carbonyl (C=O) groups is 2. The molecule has 1 aromatic rings. The van der Waals surface area contributed by atoms with Gasteiger partial charge in [0.2, 0.25) is 0 Å². The molecular weight excluding hydrogens is 325 g/mol. The summed E-state index contributed by atoms with van der Waals surface area (Å²) < 4.78 is 38.7. The molecule has 2 unspecified atom stereocenters. The molecule has 132 valence electrons. The van der Waals surface area contributed by atoms with Crippen LogP contribution in [0.1, 0.15) is 31.7 Å². The molecule has 24 heavy (non-hydrogen) atoms. The fourth-order valence-corrected chi connectivity index (χ4v) is 2.91. The largest absolute Gasteiger partial charge is 0.418 e. The zero-order valence-electron chi connectivity index (χ0n) is 13.1. The Bertz CT molecular complexity index is 633. The molecule has 1 saturated carbocycles. The summed E-state index contributed by atoms with van der Waals surface area (Å²) >= 11 is 0. The van der Waals surface area contributed by atoms with Gasteiger partial charge in [-0.05, 0) is 25.0 Å². The normalized spacial score (nSPS) is 23.8. The SMILES string of the molecule is CC1(CO)CCCC1NC(=O)C(=O)Nc1ccccc1C(F)(F)F. The summed E-state index contributed by atoms with van der Waals surface area (Å²) in [5.41, 5.74) is -2.02. The van der Waals surface area contributed by atoms with E-state index in [1.165, 1.54) is 12.1 Å². The second kappa shape index (κ2) is 6.80. The Morgan fingerprint density at radius 3 is 2.58 bits per heavy atom. The van der Waals surface area contributed by atoms with Gasteiger partial charge in [-0.15, -0.1) is 0 Å². The van der Waals surface area contributed by atoms with Gasteiger partial charge in [-0.3, -0.25) is 9.59 Å². The lowest BCUT2D eigenvalue weighted by atomic mass is 9.86. The Labute approximate surface area is 137 Å². The van der Waals surface area contributed by atoms with Crippen molar-refractivity contribution in [3.8, 4) is 0 Å². The Balaban J connectivity index is 2.07. The molecule has 5 nitrogen and oxygen atoms in total. The highest BCUT2D eigenvalue weighted by Crippen LogP contribution is 2.37. The van der Waals surface area contributed by atoms with Crippen molar-refractivity contribution in [3.63, 3.8) is 0 Å². The van der Waals surface area contributed by atoms with Gasteiger partial charge in [0.1, 0.15) is 0 Å². The van der Waals surface area contributed by atoms with Gasteiger partial charge in [0, 0.05) is 11.5 Å². The second-order valence-electron chi connectivity index (χ2n) is 6.23. The van der Waals surface area contributed by atoms with E-state index in [4.69, 9.17) is 0 Å². The molecule has 0 aliphatic heterocycles. The van der Waals surface area contributed by atoms with E-state index in [-0.39, 0.29) is 6.61 Å². The number of halogens is 3. The highest BCUT2D eigenvalue weighted by atomic mass is 19.4. The number of hydrogen-bond acceptors (Lipinski definition) is 3. The first kappa shape index (κ1) is 18.3. The molecule has 2 rings (SSSR count). The standard InChI is InChI=1S/C16H19F3N2O3/c1-15(9-22)8-4-7-12(15)21-14(24)13(23)20-11-6-3-2-5-10(11)16(17,18)19/h2-3,5-6,12,22H,4,7-9H2,1H3,(H,20,23)(H,21,24). The van der Waals surface area contributed by atoms with Crippen LogP contribution in [-0.2, 0) is 15.8 Å². The lowest BCUT2D eigenvalue weighted by Crippen LogP contribution is -2.48. The minimum Gasteiger partial charge on any atom is -0.396 e. The van der Waals surface area contributed by atoms with Crippen molar-refractivity contribution in [2.24, 2.45) is 5.41 Å². The lowest BCUT2D eigenvalue weighted by Gasteiger charge is -2.29. The van der Waals surface area contributed by atoms with Gasteiger partial charge >= 0.3 is 18.0 Å². The van der Waals surface area contributed by atoms with E-state index in [0.717, 1.165) is 18.6 Å². The van der Waals surface area contributed by atoms with E-state index in [1.807, 2.05) is 5.32 Å². The third-order valence-electron chi connectivity index (χ3n) is 4.44. The van der Waals surface area contributed by atoms with Gasteiger partial charge in [0.05, 0.1) is 17.9 Å². The zero-order valence-corrected chi connectivity index (χ0v) is 13.1. The maximum atomic E-state index is 12.9. The summed E-state index contributed by atoms with van der Waals surface area (Å²) in [4.78, 5) is 23.9. The molecule has 0 radical (unpaired) electrons. The van der Waals surface area contributed by atoms with Crippen molar-refractivity contribution in [1.82, 2.24) is 5.32 Å². The van der Waals surface area contributed by atoms with Gasteiger partial charge < -0.3 is 15.7 Å². The fraction of sp³-hybridized carbons (Fsp3) is 0.500. The van der Waals surface area contributed by atoms with E-state index in [9.17, 15) is 27.9 Å². The number of nitrogens with one attached hydrogen (secondary N) is 2. The summed E-state index contributed by atoms with van der Waals surface area (Å²) in [6.07, 6.45) is -2.54. The number of aliphatic hydroxyl groups excluding tert-OH is 1. The molecule has 1 fully saturated rings. The van der Waals surface area contributed by atoms with Gasteiger partial charge in [0.25, 0.3) is 0 Å². The number of benzene rings is 1. The van der Waals surface area contributed by atoms with Crippen LogP contribution in [0.3, 0.4) is 0 Å². The molecule has 8 heteroatoms. The quantitative estimate of drug-likeness (QED) is 0.737. The van der Waals surface area contributed by atoms with E-state index in [0.29, 0.717) is 12.8 Å². The van der Waals surface area contributed by atoms with Crippen LogP contribution in [0.25, 0.3) is 0 Å². The molecule has 2 atom stereocenters. The zero-order chi connectivity index (χ0) is 18.0. The van der Waals surface area contributed by atoms with E-state index in [1.54, 1.807) is 6.92 Å². The predicted octanol–water partition coefficient (Wildman–Crippen LogP) is 2.31. The molecular formula is C16H19F3N2O3. The first-order valence-electron chi connectivity index (χ1n) is 7.56. The summed E-state index contributed by atoms with van der Waals surface area (Å²) in [7, 11) is 0. The lowest BCUT2D eigenvalue weighted by molar-refractivity contribution is -0.138. The van der Waals surface area contributed by atoms with Crippen molar-refractivity contribution in [2.45, 2.75) is 38.4 Å². The van der Waals surface area contributed by atoms with Crippen molar-refractivity contribution < 1.29 is 27.9 Å². The summed E-state index contributed by atoms with van der Waals surface area (Å²) in [5, 5.41) is 13.9. The van der Waals surface area contributed by atoms with Crippen LogP contribution < -0.4 is 10.6 Å². The Hall–Kier alpha value is -2.09. The van der Waals surface area contributed by atoms with Crippen LogP contribution in [0, 0.1) is 5.41 Å². The maximum absolute atomic E-state index is 12.9. The molecule has 0 aromatic heterocycles. The topological polar surface area (TPSA) is 78.4 Å². The monoisotopic (exact) mass is 344 g/mol. The van der Waals surface area contributed by atoms with Crippen LogP contribution >= 0.6 is 0 Å². The summed E-state index contributed by atoms with van der Waals surface area (Å²) in [6.45, 7) is 1.65. The highest BCUT2D eigenvalue weighted by molar-refractivity contribution is 6.39. The predicted molar refractivity (Wildman–Crippen MR) is 81.0 cm³/mol. The van der Waals surface area contributed by atoms with Crippen molar-refractivity contribution in [3.05, 3.63) is 29.8 Å². The molecule has 2 amide bonds. The van der Waals surface area contributed by atoms with Crippen LogP contribution in [0.2, 0.25) is 0 Å². The fourth-order valence-electron chi connectivity index (χ4n) is 2.91. The number of amides is 2. The highest BCUT2D eigenvalue weighted by Gasteiger charge is 2.40. The third-order valence-corrected chi connectivity index (χ3v) is 4.44. The molecule has 0 saturated heterocycles. The van der Waals surface area contributed by atoms with Crippen LogP contribution in [0.5, 0.6) is 0 Å². The summed E-state index contributed by atoms with van der Waals surface area (Å²) in [6, 6.07) is 4.06. The van der Waals surface area contributed by atoms with Crippen molar-refractivity contribution in [1.29, 1.82) is 0 Å². The summed E-state index contributed by atoms with van der Waals surface area (Å²) in [5.74, 6) is -2.18. The van der Waals surface area contributed by atoms with Gasteiger partial charge in [-0.25, -0.2) is 0 Å². The minimum absolute atomic E-state index is 0.142. The molecule has 1 aliphatic carbocycles. The average Bonchev–Trinajstić information content (AvgIpc) is 2.88. The molecule has 3 N–H and O–H groups in total. The van der Waals surface area contributed by atoms with Crippen LogP contribution in [0.15, 0.2) is 24.3 Å². The Morgan fingerprint density at radius 1 is 1.29 bits per heavy atom. The number of anilines is 1. The minimum atomic E-state index is -4.64. The van der Waals surface area contributed by atoms with Gasteiger partial charge in [-0.2, -0.15) is 13.2 Å². The Kier molecular flexibility index (Phi) is 5.17. The van der Waals surface area contributed by atoms with Gasteiger partial charge in [0.15, 0.2) is 0 Å². The molecule has 0 heterocycles. The smallest absolute Gasteiger partial charge is 0.396 e. The van der Waals surface area contributed by atoms with E-state index >= 15 is 0 Å². The number of hydrogen-bond donors (Lipinski definition) is 3. The molecule has 0 bridgehead atoms. The van der Waals surface area contributed by atoms with Crippen molar-refractivity contribution in [2.75, 3.05) is 11.9 Å². The third kappa shape index (κ3) is 3.87. The average molecular weight is 344 g/mol. The van der Waals surface area contributed by atoms with Crippen LogP contribution in [0.4, 0.5) is 18.9 Å². The number of alkyl halides is 3. The van der Waals surface area contributed by atoms with E-state index < -0.39 is 40.7 Å². The number of aliphatic hydroxyl groups is 1. The second-order valence-corrected chi connectivity index (χ2v) is 6.23. The molecule has 1 aliphatic rings. The van der Waals surface area contributed by atoms with E-state index in [2.05, 4.69) is 5.32 Å². The van der Waals surface area contributed by atoms with Gasteiger partial charge in [-0.1, -0.05) is 25.5 Å². The van der Waals surface area contributed by atoms with Crippen molar-refractivity contribution >= 4 is 17.5 Å². The van der Waals surface area contributed by atoms with Crippen LogP contribution in [-0.4, -0.2) is 29.6 Å². The first-order valence-corrected chi connectivity index (χ1v) is 7.56. The number of carbonyl (C=O) groups excluding carboxylic acids is 2. The molecule has 0 spiro atoms. The Morgan fingerprint density at radius 2 is 1.96 bits per heavy atom. The maximum Gasteiger partial charge on any atom is 0.418 e. The molecule has 1 aromatic carbocycles. The first-order chi connectivity index (χ1) is 11.2. The number of rotatable bonds is 3. The number of para-hydroxylation sites is 1.